The fourth-order valence-corrected chi connectivity index (χ4v) is 1.70. The summed E-state index contributed by atoms with van der Waals surface area (Å²) in [5.41, 5.74) is 4.48. The number of thiocarbonyl (C=S) groups is 1. The van der Waals surface area contributed by atoms with E-state index in [1.165, 1.54) is 6.21 Å². The Hall–Kier alpha value is -2.40. The monoisotopic (exact) mass is 285 g/mol. The van der Waals surface area contributed by atoms with Gasteiger partial charge in [-0.15, -0.1) is 0 Å². The van der Waals surface area contributed by atoms with Gasteiger partial charge in [0.15, 0.2) is 5.11 Å². The molecule has 0 amide bonds. The summed E-state index contributed by atoms with van der Waals surface area (Å²) in [5, 5.41) is 17.0. The van der Waals surface area contributed by atoms with E-state index >= 15 is 0 Å². The third-order valence-electron chi connectivity index (χ3n) is 2.60. The van der Waals surface area contributed by atoms with Crippen LogP contribution in [0, 0.1) is 0 Å². The van der Waals surface area contributed by atoms with Crippen LogP contribution in [0.1, 0.15) is 11.1 Å². The van der Waals surface area contributed by atoms with Gasteiger partial charge in [0.25, 0.3) is 0 Å². The number of hydrogen-bond donors (Lipinski definition) is 3. The number of hydrazone groups is 1. The van der Waals surface area contributed by atoms with E-state index in [1.54, 1.807) is 18.2 Å². The second-order valence-corrected chi connectivity index (χ2v) is 4.51. The molecule has 0 aliphatic heterocycles. The molecule has 2 aromatic carbocycles. The third-order valence-corrected chi connectivity index (χ3v) is 2.84. The van der Waals surface area contributed by atoms with Crippen molar-refractivity contribution in [1.82, 2.24) is 10.7 Å². The van der Waals surface area contributed by atoms with E-state index in [4.69, 9.17) is 12.2 Å². The number of phenolic OH excluding ortho intramolecular Hbond substituents is 1. The second-order valence-electron chi connectivity index (χ2n) is 4.10. The highest BCUT2D eigenvalue weighted by Gasteiger charge is 1.96. The standard InChI is InChI=1S/C15H15N3OS/c19-14-9-5-4-8-13(14)11-17-18-15(20)16-10-12-6-2-1-3-7-12/h1-9,11,19H,10H2,(H2,16,18,20). The maximum atomic E-state index is 9.56. The molecule has 0 radical (unpaired) electrons. The van der Waals surface area contributed by atoms with Crippen LogP contribution in [0.25, 0.3) is 0 Å². The molecular formula is C15H15N3OS. The van der Waals surface area contributed by atoms with Crippen molar-refractivity contribution in [3.8, 4) is 5.75 Å². The van der Waals surface area contributed by atoms with E-state index < -0.39 is 0 Å². The van der Waals surface area contributed by atoms with Crippen LogP contribution in [-0.2, 0) is 6.54 Å². The lowest BCUT2D eigenvalue weighted by atomic mass is 10.2. The van der Waals surface area contributed by atoms with E-state index in [-0.39, 0.29) is 5.75 Å². The quantitative estimate of drug-likeness (QED) is 0.459. The molecule has 20 heavy (non-hydrogen) atoms. The summed E-state index contributed by atoms with van der Waals surface area (Å²) in [6, 6.07) is 16.9. The topological polar surface area (TPSA) is 56.7 Å². The van der Waals surface area contributed by atoms with Gasteiger partial charge in [-0.3, -0.25) is 5.43 Å². The molecule has 0 bridgehead atoms. The molecule has 3 N–H and O–H groups in total. The van der Waals surface area contributed by atoms with Crippen molar-refractivity contribution >= 4 is 23.5 Å². The summed E-state index contributed by atoms with van der Waals surface area (Å²) in [6.07, 6.45) is 1.52. The van der Waals surface area contributed by atoms with E-state index in [2.05, 4.69) is 15.8 Å². The molecule has 0 spiro atoms. The first-order chi connectivity index (χ1) is 9.75. The van der Waals surface area contributed by atoms with Gasteiger partial charge in [0.05, 0.1) is 6.21 Å². The van der Waals surface area contributed by atoms with Crippen LogP contribution in [0.15, 0.2) is 59.7 Å². The van der Waals surface area contributed by atoms with Gasteiger partial charge in [-0.1, -0.05) is 42.5 Å². The molecule has 0 aliphatic rings. The number of para-hydroxylation sites is 1. The molecule has 4 nitrogen and oxygen atoms in total. The van der Waals surface area contributed by atoms with Crippen molar-refractivity contribution in [1.29, 1.82) is 0 Å². The Kier molecular flexibility index (Phi) is 5.08. The van der Waals surface area contributed by atoms with Gasteiger partial charge >= 0.3 is 0 Å². The van der Waals surface area contributed by atoms with Crippen LogP contribution in [0.5, 0.6) is 5.75 Å². The van der Waals surface area contributed by atoms with Crippen molar-refractivity contribution < 1.29 is 5.11 Å². The largest absolute Gasteiger partial charge is 0.507 e. The van der Waals surface area contributed by atoms with Gasteiger partial charge in [-0.2, -0.15) is 5.10 Å². The fraction of sp³-hybridized carbons (Fsp3) is 0.0667. The van der Waals surface area contributed by atoms with Crippen LogP contribution in [0.3, 0.4) is 0 Å². The Balaban J connectivity index is 1.79. The van der Waals surface area contributed by atoms with E-state index in [9.17, 15) is 5.11 Å². The summed E-state index contributed by atoms with van der Waals surface area (Å²) in [6.45, 7) is 0.638. The highest BCUT2D eigenvalue weighted by molar-refractivity contribution is 7.80. The molecule has 2 rings (SSSR count). The van der Waals surface area contributed by atoms with E-state index in [0.29, 0.717) is 17.2 Å². The maximum absolute atomic E-state index is 9.56. The zero-order valence-corrected chi connectivity index (χ0v) is 11.6. The van der Waals surface area contributed by atoms with Gasteiger partial charge < -0.3 is 10.4 Å². The number of aromatic hydroxyl groups is 1. The minimum Gasteiger partial charge on any atom is -0.507 e. The molecule has 0 heterocycles. The average molecular weight is 285 g/mol. The van der Waals surface area contributed by atoms with Gasteiger partial charge in [-0.25, -0.2) is 0 Å². The minimum absolute atomic E-state index is 0.182. The molecular weight excluding hydrogens is 270 g/mol. The first-order valence-electron chi connectivity index (χ1n) is 6.14. The Labute approximate surface area is 123 Å². The SMILES string of the molecule is Oc1ccccc1C=NNC(=S)NCc1ccccc1. The van der Waals surface area contributed by atoms with Gasteiger partial charge in [-0.05, 0) is 29.9 Å². The lowest BCUT2D eigenvalue weighted by molar-refractivity contribution is 0.474. The summed E-state index contributed by atoms with van der Waals surface area (Å²) in [4.78, 5) is 0. The number of nitrogens with one attached hydrogen (secondary N) is 2. The Morgan fingerprint density at radius 2 is 1.80 bits per heavy atom. The van der Waals surface area contributed by atoms with Gasteiger partial charge in [0.2, 0.25) is 0 Å². The van der Waals surface area contributed by atoms with Crippen molar-refractivity contribution in [2.24, 2.45) is 5.10 Å². The lowest BCUT2D eigenvalue weighted by Crippen LogP contribution is -2.31. The second kappa shape index (κ2) is 7.25. The first-order valence-corrected chi connectivity index (χ1v) is 6.55. The van der Waals surface area contributed by atoms with Crippen molar-refractivity contribution in [3.05, 3.63) is 65.7 Å². The summed E-state index contributed by atoms with van der Waals surface area (Å²) < 4.78 is 0. The third kappa shape index (κ3) is 4.37. The predicted molar refractivity (Wildman–Crippen MR) is 84.7 cm³/mol. The predicted octanol–water partition coefficient (Wildman–Crippen LogP) is 2.39. The first kappa shape index (κ1) is 14.0. The van der Waals surface area contributed by atoms with E-state index in [0.717, 1.165) is 5.56 Å². The summed E-state index contributed by atoms with van der Waals surface area (Å²) in [5.74, 6) is 0.182. The fourth-order valence-electron chi connectivity index (χ4n) is 1.57. The smallest absolute Gasteiger partial charge is 0.187 e. The maximum Gasteiger partial charge on any atom is 0.187 e. The Bertz CT molecular complexity index is 599. The lowest BCUT2D eigenvalue weighted by Gasteiger charge is -2.06. The number of rotatable bonds is 4. The van der Waals surface area contributed by atoms with Crippen molar-refractivity contribution in [2.75, 3.05) is 0 Å². The van der Waals surface area contributed by atoms with Crippen LogP contribution in [-0.4, -0.2) is 16.4 Å². The zero-order chi connectivity index (χ0) is 14.2. The summed E-state index contributed by atoms with van der Waals surface area (Å²) in [7, 11) is 0. The van der Waals surface area contributed by atoms with Crippen LogP contribution in [0.2, 0.25) is 0 Å². The van der Waals surface area contributed by atoms with Gasteiger partial charge in [0, 0.05) is 12.1 Å². The molecule has 102 valence electrons. The zero-order valence-electron chi connectivity index (χ0n) is 10.8. The Morgan fingerprint density at radius 1 is 1.10 bits per heavy atom. The molecule has 0 aromatic heterocycles. The number of hydrogen-bond acceptors (Lipinski definition) is 3. The van der Waals surface area contributed by atoms with Crippen molar-refractivity contribution in [3.63, 3.8) is 0 Å². The van der Waals surface area contributed by atoms with Crippen LogP contribution >= 0.6 is 12.2 Å². The molecule has 0 atom stereocenters. The highest BCUT2D eigenvalue weighted by atomic mass is 32.1. The van der Waals surface area contributed by atoms with Gasteiger partial charge in [0.1, 0.15) is 5.75 Å². The Morgan fingerprint density at radius 3 is 2.55 bits per heavy atom. The summed E-state index contributed by atoms with van der Waals surface area (Å²) >= 11 is 5.10. The highest BCUT2D eigenvalue weighted by Crippen LogP contribution is 2.12. The number of phenols is 1. The molecule has 0 unspecified atom stereocenters. The molecule has 0 saturated heterocycles. The van der Waals surface area contributed by atoms with Crippen LogP contribution < -0.4 is 10.7 Å². The molecule has 0 aliphatic carbocycles. The normalized spacial score (nSPS) is 10.4. The number of benzene rings is 2. The average Bonchev–Trinajstić information content (AvgIpc) is 2.48. The van der Waals surface area contributed by atoms with Crippen LogP contribution in [0.4, 0.5) is 0 Å². The molecule has 0 saturated carbocycles. The molecule has 5 heteroatoms. The minimum atomic E-state index is 0.182. The van der Waals surface area contributed by atoms with Crippen molar-refractivity contribution in [2.45, 2.75) is 6.54 Å². The van der Waals surface area contributed by atoms with E-state index in [1.807, 2.05) is 36.4 Å². The molecule has 2 aromatic rings. The number of nitrogens with zero attached hydrogens (tertiary/aromatic N) is 1. The molecule has 0 fully saturated rings.